The molecule has 0 aliphatic rings. The van der Waals surface area contributed by atoms with Crippen LogP contribution in [-0.4, -0.2) is 26.9 Å². The van der Waals surface area contributed by atoms with Gasteiger partial charge in [0.25, 0.3) is 5.91 Å². The first-order valence-corrected chi connectivity index (χ1v) is 9.57. The van der Waals surface area contributed by atoms with Gasteiger partial charge in [-0.15, -0.1) is 10.2 Å². The summed E-state index contributed by atoms with van der Waals surface area (Å²) in [5.41, 5.74) is -0.370. The minimum Gasteiger partial charge on any atom is -0.345 e. The van der Waals surface area contributed by atoms with E-state index < -0.39 is 23.2 Å². The Morgan fingerprint density at radius 3 is 2.43 bits per heavy atom. The molecule has 1 N–H and O–H groups in total. The van der Waals surface area contributed by atoms with Crippen LogP contribution >= 0.6 is 11.8 Å². The van der Waals surface area contributed by atoms with Crippen LogP contribution in [0.4, 0.5) is 13.2 Å². The molecular formula is C19H17F3N4OS. The average molecular weight is 406 g/mol. The second kappa shape index (κ2) is 8.47. The molecule has 0 radical (unpaired) electrons. The molecule has 0 atom stereocenters. The molecule has 0 spiro atoms. The summed E-state index contributed by atoms with van der Waals surface area (Å²) < 4.78 is 41.2. The van der Waals surface area contributed by atoms with Crippen molar-refractivity contribution in [2.45, 2.75) is 24.4 Å². The van der Waals surface area contributed by atoms with Crippen LogP contribution in [0, 0.1) is 0 Å². The zero-order chi connectivity index (χ0) is 20.1. The first-order valence-electron chi connectivity index (χ1n) is 8.34. The Morgan fingerprint density at radius 2 is 1.75 bits per heavy atom. The molecule has 0 fully saturated rings. The Balaban J connectivity index is 1.79. The first kappa shape index (κ1) is 19.9. The van der Waals surface area contributed by atoms with Crippen molar-refractivity contribution in [3.8, 4) is 0 Å². The fourth-order valence-electron chi connectivity index (χ4n) is 2.71. The van der Waals surface area contributed by atoms with Crippen LogP contribution in [0.3, 0.4) is 0 Å². The fraction of sp³-hybridized carbons (Fsp3) is 0.211. The van der Waals surface area contributed by atoms with E-state index in [9.17, 15) is 18.0 Å². The molecule has 2 aromatic carbocycles. The molecular weight excluding hydrogens is 389 g/mol. The number of thioether (sulfide) groups is 1. The van der Waals surface area contributed by atoms with Gasteiger partial charge < -0.3 is 9.88 Å². The Labute approximate surface area is 164 Å². The van der Waals surface area contributed by atoms with Crippen molar-refractivity contribution in [1.29, 1.82) is 0 Å². The lowest BCUT2D eigenvalue weighted by Gasteiger charge is -2.13. The van der Waals surface area contributed by atoms with Gasteiger partial charge >= 0.3 is 6.18 Å². The molecule has 0 unspecified atom stereocenters. The van der Waals surface area contributed by atoms with E-state index in [1.807, 2.05) is 41.2 Å². The van der Waals surface area contributed by atoms with Crippen molar-refractivity contribution in [3.63, 3.8) is 0 Å². The van der Waals surface area contributed by atoms with Gasteiger partial charge in [-0.1, -0.05) is 54.2 Å². The molecule has 3 rings (SSSR count). The van der Waals surface area contributed by atoms with Crippen LogP contribution in [-0.2, 0) is 19.3 Å². The van der Waals surface area contributed by atoms with Gasteiger partial charge in [-0.3, -0.25) is 4.79 Å². The number of halogens is 3. The monoisotopic (exact) mass is 406 g/mol. The Bertz CT molecular complexity index is 957. The number of benzene rings is 2. The molecule has 1 amide bonds. The molecule has 0 saturated carbocycles. The molecule has 0 saturated heterocycles. The number of carbonyl (C=O) groups excluding carboxylic acids is 1. The van der Waals surface area contributed by atoms with Crippen LogP contribution in [0.25, 0.3) is 0 Å². The lowest BCUT2D eigenvalue weighted by Crippen LogP contribution is -2.27. The zero-order valence-corrected chi connectivity index (χ0v) is 15.7. The topological polar surface area (TPSA) is 59.8 Å². The highest BCUT2D eigenvalue weighted by Gasteiger charge is 2.34. The number of amides is 1. The minimum absolute atomic E-state index is 0.0363. The summed E-state index contributed by atoms with van der Waals surface area (Å²) in [5.74, 6) is -0.348. The molecule has 0 aliphatic carbocycles. The molecule has 0 aliphatic heterocycles. The van der Waals surface area contributed by atoms with Crippen molar-refractivity contribution in [2.75, 3.05) is 6.26 Å². The number of nitrogens with zero attached hydrogens (tertiary/aromatic N) is 3. The third-order valence-electron chi connectivity index (χ3n) is 4.04. The summed E-state index contributed by atoms with van der Waals surface area (Å²) in [7, 11) is 0. The normalized spacial score (nSPS) is 11.4. The Morgan fingerprint density at radius 1 is 1.07 bits per heavy atom. The molecule has 3 aromatic rings. The maximum Gasteiger partial charge on any atom is 0.417 e. The van der Waals surface area contributed by atoms with Crippen LogP contribution in [0.1, 0.15) is 27.3 Å². The average Bonchev–Trinajstić information content (AvgIpc) is 3.08. The Hall–Kier alpha value is -2.81. The third kappa shape index (κ3) is 4.53. The summed E-state index contributed by atoms with van der Waals surface area (Å²) in [6.45, 7) is 0.458. The number of aromatic nitrogens is 3. The number of hydrogen-bond donors (Lipinski definition) is 1. The molecule has 0 bridgehead atoms. The number of carbonyl (C=O) groups is 1. The minimum atomic E-state index is -4.60. The summed E-state index contributed by atoms with van der Waals surface area (Å²) in [4.78, 5) is 12.4. The van der Waals surface area contributed by atoms with Crippen LogP contribution in [0.15, 0.2) is 59.8 Å². The molecule has 9 heteroatoms. The van der Waals surface area contributed by atoms with Gasteiger partial charge in [0.1, 0.15) is 0 Å². The third-order valence-corrected chi connectivity index (χ3v) is 4.71. The predicted molar refractivity (Wildman–Crippen MR) is 100.0 cm³/mol. The largest absolute Gasteiger partial charge is 0.417 e. The van der Waals surface area contributed by atoms with E-state index in [0.717, 1.165) is 17.7 Å². The van der Waals surface area contributed by atoms with Gasteiger partial charge in [-0.2, -0.15) is 13.2 Å². The van der Waals surface area contributed by atoms with E-state index in [4.69, 9.17) is 0 Å². The van der Waals surface area contributed by atoms with E-state index in [1.165, 1.54) is 23.9 Å². The van der Waals surface area contributed by atoms with Crippen molar-refractivity contribution >= 4 is 17.7 Å². The quantitative estimate of drug-likeness (QED) is 0.629. The maximum atomic E-state index is 13.1. The molecule has 1 aromatic heterocycles. The van der Waals surface area contributed by atoms with Crippen molar-refractivity contribution in [2.24, 2.45) is 0 Å². The second-order valence-corrected chi connectivity index (χ2v) is 6.67. The van der Waals surface area contributed by atoms with Crippen LogP contribution in [0.5, 0.6) is 0 Å². The zero-order valence-electron chi connectivity index (χ0n) is 14.9. The van der Waals surface area contributed by atoms with Gasteiger partial charge in [0.15, 0.2) is 11.0 Å². The van der Waals surface area contributed by atoms with Crippen LogP contribution < -0.4 is 5.32 Å². The summed E-state index contributed by atoms with van der Waals surface area (Å²) in [6, 6.07) is 14.3. The molecule has 1 heterocycles. The highest BCUT2D eigenvalue weighted by Crippen LogP contribution is 2.31. The summed E-state index contributed by atoms with van der Waals surface area (Å²) in [5, 5.41) is 11.3. The molecule has 146 valence electrons. The van der Waals surface area contributed by atoms with Gasteiger partial charge in [0, 0.05) is 0 Å². The fourth-order valence-corrected chi connectivity index (χ4v) is 3.22. The summed E-state index contributed by atoms with van der Waals surface area (Å²) >= 11 is 1.40. The second-order valence-electron chi connectivity index (χ2n) is 5.90. The maximum absolute atomic E-state index is 13.1. The predicted octanol–water partition coefficient (Wildman–Crippen LogP) is 4.00. The number of nitrogens with one attached hydrogen (secondary N) is 1. The van der Waals surface area contributed by atoms with E-state index in [2.05, 4.69) is 15.5 Å². The van der Waals surface area contributed by atoms with Crippen LogP contribution in [0.2, 0.25) is 0 Å². The standard InChI is InChI=1S/C19H17F3N4OS/c1-28-18-25-24-16(26(18)12-13-7-3-2-4-8-13)11-23-17(27)14-9-5-6-10-15(14)19(20,21)22/h2-10H,11-12H2,1H3,(H,23,27). The first-order chi connectivity index (χ1) is 13.4. The number of alkyl halides is 3. The number of hydrogen-bond acceptors (Lipinski definition) is 4. The van der Waals surface area contributed by atoms with E-state index in [1.54, 1.807) is 0 Å². The van der Waals surface area contributed by atoms with Crippen molar-refractivity contribution in [1.82, 2.24) is 20.1 Å². The van der Waals surface area contributed by atoms with Gasteiger partial charge in [-0.25, -0.2) is 0 Å². The Kier molecular flexibility index (Phi) is 6.03. The lowest BCUT2D eigenvalue weighted by atomic mass is 10.1. The highest BCUT2D eigenvalue weighted by molar-refractivity contribution is 7.98. The molecule has 28 heavy (non-hydrogen) atoms. The van der Waals surface area contributed by atoms with E-state index in [0.29, 0.717) is 17.5 Å². The van der Waals surface area contributed by atoms with Gasteiger partial charge in [0.2, 0.25) is 0 Å². The van der Waals surface area contributed by atoms with E-state index in [-0.39, 0.29) is 6.54 Å². The smallest absolute Gasteiger partial charge is 0.345 e. The lowest BCUT2D eigenvalue weighted by molar-refractivity contribution is -0.137. The SMILES string of the molecule is CSc1nnc(CNC(=O)c2ccccc2C(F)(F)F)n1Cc1ccccc1. The summed E-state index contributed by atoms with van der Waals surface area (Å²) in [6.07, 6.45) is -2.75. The number of rotatable bonds is 6. The molecule has 5 nitrogen and oxygen atoms in total. The van der Waals surface area contributed by atoms with E-state index >= 15 is 0 Å². The van der Waals surface area contributed by atoms with Crippen molar-refractivity contribution in [3.05, 3.63) is 77.1 Å². The van der Waals surface area contributed by atoms with Gasteiger partial charge in [-0.05, 0) is 24.0 Å². The van der Waals surface area contributed by atoms with Gasteiger partial charge in [0.05, 0.1) is 24.2 Å². The highest BCUT2D eigenvalue weighted by atomic mass is 32.2. The van der Waals surface area contributed by atoms with Crippen molar-refractivity contribution < 1.29 is 18.0 Å².